The first kappa shape index (κ1) is 31.4. The van der Waals surface area contributed by atoms with Gasteiger partial charge in [0.05, 0.1) is 33.0 Å². The number of hydrogen-bond acceptors (Lipinski definition) is 5. The van der Waals surface area contributed by atoms with E-state index >= 15 is 0 Å². The molecule has 0 aromatic heterocycles. The van der Waals surface area contributed by atoms with Crippen LogP contribution in [0.25, 0.3) is 0 Å². The Hall–Kier alpha value is -0.650. The molecule has 5 heteroatoms. The fraction of sp³-hybridized carbons (Fsp3) is 0.963. The maximum absolute atomic E-state index is 11.7. The Labute approximate surface area is 199 Å². The topological polar surface area (TPSA) is 54.0 Å². The second-order valence-electron chi connectivity index (χ2n) is 8.76. The van der Waals surface area contributed by atoms with Gasteiger partial charge in [-0.3, -0.25) is 4.79 Å². The molecule has 0 rings (SSSR count). The van der Waals surface area contributed by atoms with Crippen molar-refractivity contribution >= 4 is 5.97 Å². The smallest absolute Gasteiger partial charge is 0.305 e. The summed E-state index contributed by atoms with van der Waals surface area (Å²) in [4.78, 5) is 11.7. The van der Waals surface area contributed by atoms with Crippen molar-refractivity contribution in [2.75, 3.05) is 46.2 Å². The summed E-state index contributed by atoms with van der Waals surface area (Å²) in [6.45, 7) is 8.86. The quantitative estimate of drug-likeness (QED) is 0.0958. The normalized spacial score (nSPS) is 11.2. The highest BCUT2D eigenvalue weighted by Crippen LogP contribution is 2.09. The summed E-state index contributed by atoms with van der Waals surface area (Å²) in [5.74, 6) is -0.106. The molecule has 0 aliphatic heterocycles. The Kier molecular flexibility index (Phi) is 27.8. The molecule has 0 fully saturated rings. The van der Waals surface area contributed by atoms with Crippen LogP contribution in [0.4, 0.5) is 0 Å². The summed E-state index contributed by atoms with van der Waals surface area (Å²) >= 11 is 0. The second kappa shape index (κ2) is 28.4. The van der Waals surface area contributed by atoms with E-state index in [4.69, 9.17) is 18.9 Å². The largest absolute Gasteiger partial charge is 0.466 e. The van der Waals surface area contributed by atoms with Gasteiger partial charge in [0, 0.05) is 19.6 Å². The van der Waals surface area contributed by atoms with Crippen molar-refractivity contribution in [3.8, 4) is 0 Å². The van der Waals surface area contributed by atoms with E-state index in [0.717, 1.165) is 25.9 Å². The molecule has 0 aromatic rings. The van der Waals surface area contributed by atoms with Crippen molar-refractivity contribution in [2.45, 2.75) is 123 Å². The second-order valence-corrected chi connectivity index (χ2v) is 8.76. The van der Waals surface area contributed by atoms with E-state index in [1.165, 1.54) is 77.0 Å². The molecule has 5 nitrogen and oxygen atoms in total. The van der Waals surface area contributed by atoms with Crippen molar-refractivity contribution in [1.29, 1.82) is 0 Å². The van der Waals surface area contributed by atoms with Crippen LogP contribution in [0.5, 0.6) is 0 Å². The molecule has 0 aliphatic rings. The molecule has 32 heavy (non-hydrogen) atoms. The van der Waals surface area contributed by atoms with Gasteiger partial charge in [-0.1, -0.05) is 97.3 Å². The zero-order chi connectivity index (χ0) is 23.4. The molecule has 192 valence electrons. The SMILES string of the molecule is CCCCCCCCCCOC(=O)CCCOCCOCCOCCCCCCCCC. The molecule has 0 N–H and O–H groups in total. The van der Waals surface area contributed by atoms with Crippen LogP contribution in [0.1, 0.15) is 123 Å². The minimum atomic E-state index is -0.106. The van der Waals surface area contributed by atoms with Crippen LogP contribution in [0.15, 0.2) is 0 Å². The standard InChI is InChI=1S/C27H54O5/c1-3-5-7-9-11-13-15-17-22-32-27(28)19-18-21-30-24-26-31-25-23-29-20-16-14-12-10-8-6-4-2/h3-26H2,1-2H3. The molecule has 0 aromatic carbocycles. The molecule has 0 bridgehead atoms. The van der Waals surface area contributed by atoms with Crippen LogP contribution in [-0.2, 0) is 23.7 Å². The van der Waals surface area contributed by atoms with Gasteiger partial charge in [0.2, 0.25) is 0 Å². The Bertz CT molecular complexity index is 362. The van der Waals surface area contributed by atoms with Gasteiger partial charge in [-0.05, 0) is 19.3 Å². The lowest BCUT2D eigenvalue weighted by Crippen LogP contribution is -2.11. The molecule has 0 atom stereocenters. The first-order valence-corrected chi connectivity index (χ1v) is 13.7. The Morgan fingerprint density at radius 1 is 0.438 bits per heavy atom. The molecule has 0 unspecified atom stereocenters. The minimum Gasteiger partial charge on any atom is -0.466 e. The number of unbranched alkanes of at least 4 members (excludes halogenated alkanes) is 13. The third kappa shape index (κ3) is 27.4. The van der Waals surface area contributed by atoms with Crippen LogP contribution in [0, 0.1) is 0 Å². The number of hydrogen-bond donors (Lipinski definition) is 0. The third-order valence-electron chi connectivity index (χ3n) is 5.57. The first-order valence-electron chi connectivity index (χ1n) is 13.7. The fourth-order valence-corrected chi connectivity index (χ4v) is 3.52. The highest BCUT2D eigenvalue weighted by Gasteiger charge is 2.02. The lowest BCUT2D eigenvalue weighted by atomic mass is 10.1. The summed E-state index contributed by atoms with van der Waals surface area (Å²) in [5, 5.41) is 0. The number of rotatable bonds is 27. The summed E-state index contributed by atoms with van der Waals surface area (Å²) < 4.78 is 21.9. The zero-order valence-electron chi connectivity index (χ0n) is 21.5. The van der Waals surface area contributed by atoms with Crippen LogP contribution in [0.2, 0.25) is 0 Å². The van der Waals surface area contributed by atoms with E-state index in [9.17, 15) is 4.79 Å². The molecule has 0 aliphatic carbocycles. The van der Waals surface area contributed by atoms with Gasteiger partial charge in [0.15, 0.2) is 0 Å². The molecular weight excluding hydrogens is 404 g/mol. The predicted molar refractivity (Wildman–Crippen MR) is 133 cm³/mol. The average molecular weight is 459 g/mol. The minimum absolute atomic E-state index is 0.106. The van der Waals surface area contributed by atoms with Crippen molar-refractivity contribution in [2.24, 2.45) is 0 Å². The monoisotopic (exact) mass is 458 g/mol. The van der Waals surface area contributed by atoms with Crippen LogP contribution in [-0.4, -0.2) is 52.2 Å². The van der Waals surface area contributed by atoms with Crippen LogP contribution >= 0.6 is 0 Å². The van der Waals surface area contributed by atoms with Gasteiger partial charge in [0.1, 0.15) is 0 Å². The van der Waals surface area contributed by atoms with Crippen LogP contribution in [0.3, 0.4) is 0 Å². The summed E-state index contributed by atoms with van der Waals surface area (Å²) in [7, 11) is 0. The maximum atomic E-state index is 11.7. The van der Waals surface area contributed by atoms with Crippen molar-refractivity contribution < 1.29 is 23.7 Å². The predicted octanol–water partition coefficient (Wildman–Crippen LogP) is 7.25. The summed E-state index contributed by atoms with van der Waals surface area (Å²) in [5.41, 5.74) is 0. The number of carbonyl (C=O) groups is 1. The Morgan fingerprint density at radius 2 is 0.812 bits per heavy atom. The van der Waals surface area contributed by atoms with Gasteiger partial charge in [-0.2, -0.15) is 0 Å². The highest BCUT2D eigenvalue weighted by atomic mass is 16.5. The van der Waals surface area contributed by atoms with E-state index in [1.54, 1.807) is 0 Å². The molecule has 0 saturated heterocycles. The van der Waals surface area contributed by atoms with Crippen molar-refractivity contribution in [3.63, 3.8) is 0 Å². The van der Waals surface area contributed by atoms with E-state index in [-0.39, 0.29) is 5.97 Å². The molecule has 0 spiro atoms. The van der Waals surface area contributed by atoms with E-state index in [1.807, 2.05) is 0 Å². The van der Waals surface area contributed by atoms with Crippen molar-refractivity contribution in [1.82, 2.24) is 0 Å². The number of esters is 1. The van der Waals surface area contributed by atoms with Gasteiger partial charge in [-0.25, -0.2) is 0 Å². The van der Waals surface area contributed by atoms with Crippen LogP contribution < -0.4 is 0 Å². The highest BCUT2D eigenvalue weighted by molar-refractivity contribution is 5.69. The molecule has 0 saturated carbocycles. The number of ether oxygens (including phenoxy) is 4. The number of carbonyl (C=O) groups excluding carboxylic acids is 1. The van der Waals surface area contributed by atoms with Gasteiger partial charge < -0.3 is 18.9 Å². The average Bonchev–Trinajstić information content (AvgIpc) is 2.80. The third-order valence-corrected chi connectivity index (χ3v) is 5.57. The van der Waals surface area contributed by atoms with E-state index in [2.05, 4.69) is 13.8 Å². The van der Waals surface area contributed by atoms with Gasteiger partial charge >= 0.3 is 5.97 Å². The lowest BCUT2D eigenvalue weighted by molar-refractivity contribution is -0.144. The zero-order valence-corrected chi connectivity index (χ0v) is 21.5. The first-order chi connectivity index (χ1) is 15.8. The van der Waals surface area contributed by atoms with Gasteiger partial charge in [0.25, 0.3) is 0 Å². The lowest BCUT2D eigenvalue weighted by Gasteiger charge is -2.07. The summed E-state index contributed by atoms with van der Waals surface area (Å²) in [6.07, 6.45) is 20.3. The van der Waals surface area contributed by atoms with Gasteiger partial charge in [-0.15, -0.1) is 0 Å². The van der Waals surface area contributed by atoms with E-state index < -0.39 is 0 Å². The Balaban J connectivity index is 3.12. The summed E-state index contributed by atoms with van der Waals surface area (Å²) in [6, 6.07) is 0. The van der Waals surface area contributed by atoms with E-state index in [0.29, 0.717) is 52.5 Å². The Morgan fingerprint density at radius 3 is 1.31 bits per heavy atom. The molecule has 0 amide bonds. The molecule has 0 radical (unpaired) electrons. The van der Waals surface area contributed by atoms with Crippen molar-refractivity contribution in [3.05, 3.63) is 0 Å². The molecule has 0 heterocycles. The maximum Gasteiger partial charge on any atom is 0.305 e. The molecular formula is C27H54O5. The fourth-order valence-electron chi connectivity index (χ4n) is 3.52.